The Morgan fingerprint density at radius 3 is 2.96 bits per heavy atom. The molecule has 3 aliphatic rings. The van der Waals surface area contributed by atoms with Gasteiger partial charge in [0.05, 0.1) is 6.26 Å². The Morgan fingerprint density at radius 1 is 1.32 bits per heavy atom. The van der Waals surface area contributed by atoms with Crippen molar-refractivity contribution in [3.8, 4) is 0 Å². The number of rotatable bonds is 6. The lowest BCUT2D eigenvalue weighted by atomic mass is 10.1. The Balaban J connectivity index is 1.24. The highest BCUT2D eigenvalue weighted by Crippen LogP contribution is 2.31. The number of furan rings is 1. The number of nitrogens with one attached hydrogen (secondary N) is 1. The molecule has 0 spiro atoms. The van der Waals surface area contributed by atoms with Crippen molar-refractivity contribution in [3.63, 3.8) is 0 Å². The lowest BCUT2D eigenvalue weighted by Crippen LogP contribution is -2.45. The molecule has 2 amide bonds. The van der Waals surface area contributed by atoms with Crippen LogP contribution in [-0.4, -0.2) is 59.2 Å². The molecule has 0 bridgehead atoms. The number of amides is 2. The van der Waals surface area contributed by atoms with Gasteiger partial charge in [0.2, 0.25) is 0 Å². The SMILES string of the molecule is O=C(NC[C@@H]1CCN(C2CC2)C1)N1CCC[C@H]1C[C@@H](O)c1ccco1. The molecule has 6 heteroatoms. The zero-order chi connectivity index (χ0) is 17.2. The third-order valence-electron chi connectivity index (χ3n) is 5.93. The lowest BCUT2D eigenvalue weighted by molar-refractivity contribution is 0.107. The third-order valence-corrected chi connectivity index (χ3v) is 5.93. The van der Waals surface area contributed by atoms with Crippen molar-refractivity contribution in [1.29, 1.82) is 0 Å². The highest BCUT2D eigenvalue weighted by molar-refractivity contribution is 5.74. The van der Waals surface area contributed by atoms with Gasteiger partial charge in [0.25, 0.3) is 0 Å². The van der Waals surface area contributed by atoms with E-state index in [0.717, 1.165) is 38.5 Å². The van der Waals surface area contributed by atoms with E-state index < -0.39 is 6.10 Å². The predicted molar refractivity (Wildman–Crippen MR) is 94.1 cm³/mol. The molecule has 1 aromatic rings. The molecule has 2 N–H and O–H groups in total. The van der Waals surface area contributed by atoms with Crippen LogP contribution in [0.2, 0.25) is 0 Å². The molecule has 0 aromatic carbocycles. The summed E-state index contributed by atoms with van der Waals surface area (Å²) in [7, 11) is 0. The van der Waals surface area contributed by atoms with Crippen molar-refractivity contribution < 1.29 is 14.3 Å². The smallest absolute Gasteiger partial charge is 0.317 e. The number of likely N-dealkylation sites (tertiary alicyclic amines) is 2. The maximum absolute atomic E-state index is 12.6. The summed E-state index contributed by atoms with van der Waals surface area (Å²) in [4.78, 5) is 17.1. The molecule has 2 aliphatic heterocycles. The number of carbonyl (C=O) groups excluding carboxylic acids is 1. The van der Waals surface area contributed by atoms with Crippen LogP contribution in [0.25, 0.3) is 0 Å². The van der Waals surface area contributed by atoms with Crippen molar-refractivity contribution in [2.45, 2.75) is 56.7 Å². The van der Waals surface area contributed by atoms with Crippen molar-refractivity contribution in [1.82, 2.24) is 15.1 Å². The predicted octanol–water partition coefficient (Wildman–Crippen LogP) is 2.36. The number of aliphatic hydroxyl groups excluding tert-OH is 1. The molecule has 4 rings (SSSR count). The van der Waals surface area contributed by atoms with Crippen LogP contribution in [0.1, 0.15) is 50.4 Å². The van der Waals surface area contributed by atoms with E-state index in [-0.39, 0.29) is 12.1 Å². The van der Waals surface area contributed by atoms with E-state index in [4.69, 9.17) is 4.42 Å². The van der Waals surface area contributed by atoms with Crippen molar-refractivity contribution in [3.05, 3.63) is 24.2 Å². The van der Waals surface area contributed by atoms with Gasteiger partial charge in [-0.25, -0.2) is 4.79 Å². The van der Waals surface area contributed by atoms with E-state index in [1.165, 1.54) is 25.8 Å². The van der Waals surface area contributed by atoms with E-state index in [1.54, 1.807) is 18.4 Å². The first-order valence-electron chi connectivity index (χ1n) is 9.70. The van der Waals surface area contributed by atoms with Gasteiger partial charge in [0, 0.05) is 38.1 Å². The summed E-state index contributed by atoms with van der Waals surface area (Å²) in [5, 5.41) is 13.4. The molecular weight excluding hydrogens is 318 g/mol. The summed E-state index contributed by atoms with van der Waals surface area (Å²) in [6.45, 7) is 3.87. The molecular formula is C19H29N3O3. The molecule has 0 radical (unpaired) electrons. The van der Waals surface area contributed by atoms with Gasteiger partial charge in [-0.2, -0.15) is 0 Å². The molecule has 1 saturated carbocycles. The van der Waals surface area contributed by atoms with Crippen LogP contribution < -0.4 is 5.32 Å². The maximum Gasteiger partial charge on any atom is 0.317 e. The van der Waals surface area contributed by atoms with Crippen LogP contribution >= 0.6 is 0 Å². The number of urea groups is 1. The highest BCUT2D eigenvalue weighted by atomic mass is 16.4. The van der Waals surface area contributed by atoms with E-state index >= 15 is 0 Å². The second kappa shape index (κ2) is 7.38. The Bertz CT molecular complexity index is 572. The maximum atomic E-state index is 12.6. The van der Waals surface area contributed by atoms with Crippen LogP contribution in [-0.2, 0) is 0 Å². The molecule has 1 aromatic heterocycles. The average molecular weight is 347 g/mol. The van der Waals surface area contributed by atoms with E-state index in [1.807, 2.05) is 4.90 Å². The van der Waals surface area contributed by atoms with Crippen LogP contribution in [0.3, 0.4) is 0 Å². The highest BCUT2D eigenvalue weighted by Gasteiger charge is 2.35. The zero-order valence-corrected chi connectivity index (χ0v) is 14.8. The quantitative estimate of drug-likeness (QED) is 0.829. The first-order valence-corrected chi connectivity index (χ1v) is 9.70. The van der Waals surface area contributed by atoms with E-state index in [2.05, 4.69) is 10.2 Å². The number of hydrogen-bond acceptors (Lipinski definition) is 4. The summed E-state index contributed by atoms with van der Waals surface area (Å²) >= 11 is 0. The molecule has 2 saturated heterocycles. The van der Waals surface area contributed by atoms with Gasteiger partial charge in [-0.05, 0) is 56.7 Å². The molecule has 3 fully saturated rings. The monoisotopic (exact) mass is 347 g/mol. The molecule has 3 atom stereocenters. The van der Waals surface area contributed by atoms with Crippen molar-refractivity contribution in [2.75, 3.05) is 26.2 Å². The molecule has 138 valence electrons. The topological polar surface area (TPSA) is 69.0 Å². The summed E-state index contributed by atoms with van der Waals surface area (Å²) in [6, 6.07) is 4.51. The zero-order valence-electron chi connectivity index (χ0n) is 14.8. The third kappa shape index (κ3) is 4.01. The van der Waals surface area contributed by atoms with Crippen LogP contribution in [0.4, 0.5) is 4.79 Å². The van der Waals surface area contributed by atoms with Crippen molar-refractivity contribution >= 4 is 6.03 Å². The number of aliphatic hydroxyl groups is 1. The van der Waals surface area contributed by atoms with Gasteiger partial charge < -0.3 is 24.6 Å². The fourth-order valence-electron chi connectivity index (χ4n) is 4.34. The fraction of sp³-hybridized carbons (Fsp3) is 0.737. The largest absolute Gasteiger partial charge is 0.467 e. The number of hydrogen-bond donors (Lipinski definition) is 2. The summed E-state index contributed by atoms with van der Waals surface area (Å²) < 4.78 is 5.28. The summed E-state index contributed by atoms with van der Waals surface area (Å²) in [5.41, 5.74) is 0. The molecule has 6 nitrogen and oxygen atoms in total. The van der Waals surface area contributed by atoms with Gasteiger partial charge >= 0.3 is 6.03 Å². The minimum absolute atomic E-state index is 0.0269. The van der Waals surface area contributed by atoms with Gasteiger partial charge in [-0.3, -0.25) is 0 Å². The Labute approximate surface area is 149 Å². The Kier molecular flexibility index (Phi) is 4.99. The Morgan fingerprint density at radius 2 is 2.20 bits per heavy atom. The lowest BCUT2D eigenvalue weighted by Gasteiger charge is -2.27. The Hall–Kier alpha value is -1.53. The standard InChI is InChI=1S/C19H29N3O3/c23-17(18-4-2-10-25-18)11-16-3-1-8-22(16)19(24)20-12-14-7-9-21(13-14)15-5-6-15/h2,4,10,14-17,23H,1,3,5-9,11-13H2,(H,20,24)/t14-,16-,17+/m0/s1. The molecule has 25 heavy (non-hydrogen) atoms. The van der Waals surface area contributed by atoms with Gasteiger partial charge in [0.1, 0.15) is 11.9 Å². The van der Waals surface area contributed by atoms with E-state index in [9.17, 15) is 9.90 Å². The number of carbonyl (C=O) groups is 1. The first kappa shape index (κ1) is 16.9. The first-order chi connectivity index (χ1) is 12.2. The van der Waals surface area contributed by atoms with Gasteiger partial charge in [-0.15, -0.1) is 0 Å². The summed E-state index contributed by atoms with van der Waals surface area (Å²) in [6.07, 6.45) is 7.32. The van der Waals surface area contributed by atoms with Crippen LogP contribution in [0.5, 0.6) is 0 Å². The second-order valence-electron chi connectivity index (χ2n) is 7.82. The van der Waals surface area contributed by atoms with Crippen LogP contribution in [0, 0.1) is 5.92 Å². The fourth-order valence-corrected chi connectivity index (χ4v) is 4.34. The molecule has 0 unspecified atom stereocenters. The normalized spacial score (nSPS) is 28.4. The molecule has 1 aliphatic carbocycles. The van der Waals surface area contributed by atoms with E-state index in [0.29, 0.717) is 18.1 Å². The van der Waals surface area contributed by atoms with Crippen molar-refractivity contribution in [2.24, 2.45) is 5.92 Å². The summed E-state index contributed by atoms with van der Waals surface area (Å²) in [5.74, 6) is 1.16. The van der Waals surface area contributed by atoms with Gasteiger partial charge in [0.15, 0.2) is 0 Å². The molecule has 3 heterocycles. The van der Waals surface area contributed by atoms with Crippen LogP contribution in [0.15, 0.2) is 22.8 Å². The minimum atomic E-state index is -0.643. The second-order valence-corrected chi connectivity index (χ2v) is 7.82. The number of nitrogens with zero attached hydrogens (tertiary/aromatic N) is 2. The van der Waals surface area contributed by atoms with Gasteiger partial charge in [-0.1, -0.05) is 0 Å². The minimum Gasteiger partial charge on any atom is -0.467 e. The average Bonchev–Trinajstić information content (AvgIpc) is 3.06.